The van der Waals surface area contributed by atoms with Crippen LogP contribution in [-0.2, 0) is 46.5 Å². The van der Waals surface area contributed by atoms with Gasteiger partial charge in [0, 0.05) is 83.8 Å². The molecule has 1 aliphatic heterocycles. The van der Waals surface area contributed by atoms with Crippen molar-refractivity contribution in [3.05, 3.63) is 47.2 Å². The summed E-state index contributed by atoms with van der Waals surface area (Å²) in [6.07, 6.45) is 6.03. The predicted molar refractivity (Wildman–Crippen MR) is 234 cm³/mol. The number of aromatic nitrogens is 3. The van der Waals surface area contributed by atoms with Gasteiger partial charge in [0.05, 0.1) is 43.4 Å². The number of nitrogen functional groups attached to an aromatic ring is 1. The van der Waals surface area contributed by atoms with Gasteiger partial charge in [0.15, 0.2) is 5.82 Å². The van der Waals surface area contributed by atoms with Crippen molar-refractivity contribution >= 4 is 64.1 Å². The molecule has 336 valence electrons. The first-order chi connectivity index (χ1) is 29.3. The van der Waals surface area contributed by atoms with E-state index in [4.69, 9.17) is 31.2 Å². The van der Waals surface area contributed by atoms with Gasteiger partial charge in [0.25, 0.3) is 0 Å². The van der Waals surface area contributed by atoms with Crippen LogP contribution in [0, 0.1) is 6.92 Å². The zero-order chi connectivity index (χ0) is 44.1. The molecule has 3 aromatic rings. The molecule has 0 saturated carbocycles. The third kappa shape index (κ3) is 16.9. The van der Waals surface area contributed by atoms with Gasteiger partial charge in [0.2, 0.25) is 17.8 Å². The van der Waals surface area contributed by atoms with E-state index < -0.39 is 35.6 Å². The first-order valence-corrected chi connectivity index (χ1v) is 22.1. The number of ether oxygens (including phenoxy) is 2. The average molecular weight is 870 g/mol. The Morgan fingerprint density at radius 2 is 1.66 bits per heavy atom. The second kappa shape index (κ2) is 25.8. The Labute approximate surface area is 361 Å². The average Bonchev–Trinajstić information content (AvgIpc) is 3.63. The van der Waals surface area contributed by atoms with Crippen molar-refractivity contribution in [1.82, 2.24) is 29.7 Å². The van der Waals surface area contributed by atoms with Crippen LogP contribution >= 0.6 is 11.8 Å². The predicted octanol–water partition coefficient (Wildman–Crippen LogP) is 2.88. The van der Waals surface area contributed by atoms with Crippen LogP contribution < -0.4 is 22.1 Å². The number of carboxylic acid groups (broad SMARTS) is 2. The van der Waals surface area contributed by atoms with E-state index in [0.717, 1.165) is 74.1 Å². The molecule has 0 bridgehead atoms. The first kappa shape index (κ1) is 48.8. The Bertz CT molecular complexity index is 1900. The van der Waals surface area contributed by atoms with Gasteiger partial charge in [-0.15, -0.1) is 11.8 Å². The number of piperazine rings is 1. The fourth-order valence-corrected chi connectivity index (χ4v) is 7.92. The van der Waals surface area contributed by atoms with E-state index >= 15 is 0 Å². The smallest absolute Gasteiger partial charge is 0.321 e. The number of nitrogens with one attached hydrogen (secondary N) is 2. The van der Waals surface area contributed by atoms with Gasteiger partial charge >= 0.3 is 11.9 Å². The molecule has 0 spiro atoms. The number of anilines is 2. The van der Waals surface area contributed by atoms with Gasteiger partial charge < -0.3 is 51.3 Å². The molecule has 4 rings (SSSR count). The largest absolute Gasteiger partial charge is 0.481 e. The summed E-state index contributed by atoms with van der Waals surface area (Å²) in [5.41, 5.74) is 16.9. The number of carbonyl (C=O) groups is 5. The summed E-state index contributed by atoms with van der Waals surface area (Å²) in [5, 5.41) is 23.0. The second-order valence-corrected chi connectivity index (χ2v) is 16.4. The topological polar surface area (TPSA) is 258 Å². The van der Waals surface area contributed by atoms with E-state index in [1.165, 1.54) is 16.7 Å². The van der Waals surface area contributed by atoms with Crippen LogP contribution in [0.4, 0.5) is 11.8 Å². The van der Waals surface area contributed by atoms with Crippen molar-refractivity contribution in [1.29, 1.82) is 0 Å². The summed E-state index contributed by atoms with van der Waals surface area (Å²) in [4.78, 5) is 72.7. The third-order valence-electron chi connectivity index (χ3n) is 10.3. The Hall–Kier alpha value is -4.82. The Balaban J connectivity index is 1.05. The van der Waals surface area contributed by atoms with E-state index in [0.29, 0.717) is 58.9 Å². The lowest BCUT2D eigenvalue weighted by molar-refractivity contribution is -0.138. The number of benzene rings is 1. The Kier molecular flexibility index (Phi) is 20.7. The molecule has 2 amide bonds. The lowest BCUT2D eigenvalue weighted by Crippen LogP contribution is -2.48. The van der Waals surface area contributed by atoms with Gasteiger partial charge in [-0.1, -0.05) is 38.0 Å². The van der Waals surface area contributed by atoms with Crippen LogP contribution in [0.3, 0.4) is 0 Å². The van der Waals surface area contributed by atoms with Crippen LogP contribution in [0.1, 0.15) is 75.0 Å². The molecular weight excluding hydrogens is 807 g/mol. The number of ketones is 1. The first-order valence-electron chi connectivity index (χ1n) is 21.1. The number of aryl methyl sites for hydroxylation is 1. The monoisotopic (exact) mass is 869 g/mol. The van der Waals surface area contributed by atoms with Gasteiger partial charge in [-0.25, -0.2) is 4.98 Å². The molecule has 2 atom stereocenters. The number of nitrogens with zero attached hydrogens (tertiary/aromatic N) is 5. The maximum absolute atomic E-state index is 12.8. The van der Waals surface area contributed by atoms with Crippen LogP contribution in [0.25, 0.3) is 11.0 Å². The SMILES string of the molecule is CCCCCNc1nc(N)nc2ccn(Cc3ccc(CN4CCN(C(=O)CCOCCOCCCC(=O)CCNC(=O)C(CC(=O)O)SC[C@H](N)C(=O)O)CC4)cc3C)c12. The fraction of sp³-hybridized carbons (Fsp3) is 0.595. The summed E-state index contributed by atoms with van der Waals surface area (Å²) >= 11 is 0.854. The molecule has 8 N–H and O–H groups in total. The molecule has 0 radical (unpaired) electrons. The minimum Gasteiger partial charge on any atom is -0.481 e. The number of amides is 2. The number of thioether (sulfide) groups is 1. The number of aliphatic carboxylic acids is 2. The molecule has 1 aliphatic rings. The molecule has 1 unspecified atom stereocenters. The lowest BCUT2D eigenvalue weighted by atomic mass is 10.0. The van der Waals surface area contributed by atoms with Crippen LogP contribution in [0.2, 0.25) is 0 Å². The highest BCUT2D eigenvalue weighted by Crippen LogP contribution is 2.25. The number of carbonyl (C=O) groups excluding carboxylic acids is 3. The summed E-state index contributed by atoms with van der Waals surface area (Å²) in [5.74, 6) is -2.14. The Morgan fingerprint density at radius 3 is 2.36 bits per heavy atom. The van der Waals surface area contributed by atoms with Crippen molar-refractivity contribution in [2.24, 2.45) is 5.73 Å². The molecule has 18 nitrogen and oxygen atoms in total. The van der Waals surface area contributed by atoms with Gasteiger partial charge in [-0.2, -0.15) is 4.98 Å². The fourth-order valence-electron chi connectivity index (χ4n) is 6.84. The lowest BCUT2D eigenvalue weighted by Gasteiger charge is -2.35. The molecule has 1 aromatic carbocycles. The highest BCUT2D eigenvalue weighted by molar-refractivity contribution is 8.00. The van der Waals surface area contributed by atoms with Crippen LogP contribution in [-0.4, -0.2) is 147 Å². The van der Waals surface area contributed by atoms with E-state index in [1.54, 1.807) is 0 Å². The van der Waals surface area contributed by atoms with E-state index in [1.807, 2.05) is 17.2 Å². The summed E-state index contributed by atoms with van der Waals surface area (Å²) < 4.78 is 13.3. The number of hydrogen-bond donors (Lipinski definition) is 6. The highest BCUT2D eigenvalue weighted by atomic mass is 32.2. The second-order valence-electron chi connectivity index (χ2n) is 15.2. The zero-order valence-corrected chi connectivity index (χ0v) is 36.3. The molecule has 2 aromatic heterocycles. The van der Waals surface area contributed by atoms with Gasteiger partial charge in [-0.3, -0.25) is 28.9 Å². The molecule has 1 saturated heterocycles. The van der Waals surface area contributed by atoms with Crippen molar-refractivity contribution < 1.29 is 43.7 Å². The molecule has 1 fully saturated rings. The van der Waals surface area contributed by atoms with Gasteiger partial charge in [0.1, 0.15) is 17.3 Å². The maximum atomic E-state index is 12.8. The quantitative estimate of drug-likeness (QED) is 0.0549. The van der Waals surface area contributed by atoms with Crippen LogP contribution in [0.5, 0.6) is 0 Å². The van der Waals surface area contributed by atoms with E-state index in [2.05, 4.69) is 62.1 Å². The normalized spacial score (nSPS) is 14.2. The number of rotatable bonds is 29. The van der Waals surface area contributed by atoms with E-state index in [-0.39, 0.29) is 42.8 Å². The van der Waals surface area contributed by atoms with Crippen LogP contribution in [0.15, 0.2) is 30.5 Å². The summed E-state index contributed by atoms with van der Waals surface area (Å²) in [6, 6.07) is 7.39. The highest BCUT2D eigenvalue weighted by Gasteiger charge is 2.25. The number of nitrogens with two attached hydrogens (primary N) is 2. The number of carboxylic acids is 2. The van der Waals surface area contributed by atoms with Crippen molar-refractivity contribution in [2.75, 3.05) is 82.5 Å². The number of hydrogen-bond acceptors (Lipinski definition) is 14. The number of Topliss-reactive ketones (excluding diaryl/α,β-unsaturated/α-hetero) is 1. The number of unbranched alkanes of at least 4 members (excludes halogenated alkanes) is 2. The molecule has 3 heterocycles. The van der Waals surface area contributed by atoms with Crippen molar-refractivity contribution in [3.8, 4) is 0 Å². The van der Waals surface area contributed by atoms with E-state index in [9.17, 15) is 24.0 Å². The number of fused-ring (bicyclic) bond motifs is 1. The minimum atomic E-state index is -1.24. The molecular formula is C42H63N9O9S. The Morgan fingerprint density at radius 1 is 0.902 bits per heavy atom. The minimum absolute atomic E-state index is 0.0398. The third-order valence-corrected chi connectivity index (χ3v) is 11.6. The molecule has 61 heavy (non-hydrogen) atoms. The van der Waals surface area contributed by atoms with Crippen molar-refractivity contribution in [2.45, 2.75) is 89.6 Å². The molecule has 19 heteroatoms. The van der Waals surface area contributed by atoms with Crippen molar-refractivity contribution in [3.63, 3.8) is 0 Å². The maximum Gasteiger partial charge on any atom is 0.321 e. The van der Waals surface area contributed by atoms with Gasteiger partial charge in [-0.05, 0) is 42.5 Å². The molecule has 0 aliphatic carbocycles. The summed E-state index contributed by atoms with van der Waals surface area (Å²) in [7, 11) is 0. The zero-order valence-electron chi connectivity index (χ0n) is 35.4. The standard InChI is InChI=1S/C42H63N9O9S/c1-3-4-5-13-45-39-38-34(47-42(44)48-39)11-15-51(38)27-31-9-8-30(24-29(31)2)26-49-16-18-50(19-17-49)36(53)12-21-60-23-22-59-20-6-7-32(52)10-14-46-40(56)35(25-37(54)55)61-28-33(43)41(57)58/h8-9,11,15,24,33,35H,3-7,10,12-14,16-23,25-28,43H2,1-2H3,(H,46,56)(H,54,55)(H,57,58)(H3,44,45,47,48)/t33-,35?/m0/s1. The summed E-state index contributed by atoms with van der Waals surface area (Å²) in [6.45, 7) is 10.9.